The second-order valence-corrected chi connectivity index (χ2v) is 4.18. The number of rotatable bonds is 2. The molecule has 1 aromatic heterocycles. The third-order valence-corrected chi connectivity index (χ3v) is 3.27. The largest absolute Gasteiger partial charge is 0.487 e. The highest BCUT2D eigenvalue weighted by molar-refractivity contribution is 7.20. The van der Waals surface area contributed by atoms with Crippen LogP contribution in [0.15, 0.2) is 18.2 Å². The molecule has 0 saturated carbocycles. The molecule has 0 radical (unpaired) electrons. The fourth-order valence-electron chi connectivity index (χ4n) is 1.42. The molecule has 2 nitrogen and oxygen atoms in total. The molecule has 2 rings (SSSR count). The maximum atomic E-state index is 10.7. The first-order valence-electron chi connectivity index (χ1n) is 4.28. The molecule has 14 heavy (non-hydrogen) atoms. The van der Waals surface area contributed by atoms with Crippen molar-refractivity contribution in [2.75, 3.05) is 7.11 Å². The zero-order valence-electron chi connectivity index (χ0n) is 8.03. The minimum absolute atomic E-state index is 0.752. The summed E-state index contributed by atoms with van der Waals surface area (Å²) in [7, 11) is 1.65. The van der Waals surface area contributed by atoms with Crippen molar-refractivity contribution in [3.8, 4) is 5.06 Å². The Bertz CT molecular complexity index is 485. The van der Waals surface area contributed by atoms with Crippen LogP contribution in [-0.2, 0) is 0 Å². The number of ether oxygens (including phenoxy) is 1. The smallest absolute Gasteiger partial charge is 0.174 e. The van der Waals surface area contributed by atoms with Gasteiger partial charge in [-0.3, -0.25) is 4.79 Å². The first kappa shape index (κ1) is 9.21. The van der Waals surface area contributed by atoms with Gasteiger partial charge in [-0.1, -0.05) is 11.3 Å². The molecule has 0 amide bonds. The van der Waals surface area contributed by atoms with E-state index in [0.717, 1.165) is 32.6 Å². The van der Waals surface area contributed by atoms with Gasteiger partial charge >= 0.3 is 0 Å². The monoisotopic (exact) mass is 206 g/mol. The summed E-state index contributed by atoms with van der Waals surface area (Å²) in [5.74, 6) is 0. The number of benzene rings is 1. The lowest BCUT2D eigenvalue weighted by Gasteiger charge is -1.96. The van der Waals surface area contributed by atoms with Gasteiger partial charge in [0, 0.05) is 10.3 Å². The Balaban J connectivity index is 2.69. The molecule has 0 aliphatic carbocycles. The molecule has 0 spiro atoms. The Morgan fingerprint density at radius 2 is 2.14 bits per heavy atom. The van der Waals surface area contributed by atoms with E-state index in [1.54, 1.807) is 18.4 Å². The van der Waals surface area contributed by atoms with E-state index < -0.39 is 0 Å². The van der Waals surface area contributed by atoms with Gasteiger partial charge in [0.25, 0.3) is 0 Å². The highest BCUT2D eigenvalue weighted by Gasteiger charge is 2.05. The lowest BCUT2D eigenvalue weighted by Crippen LogP contribution is -1.83. The van der Waals surface area contributed by atoms with Gasteiger partial charge in [0.05, 0.1) is 7.11 Å². The predicted octanol–water partition coefficient (Wildman–Crippen LogP) is 3.03. The highest BCUT2D eigenvalue weighted by Crippen LogP contribution is 2.32. The summed E-state index contributed by atoms with van der Waals surface area (Å²) in [5, 5.41) is 2.01. The molecule has 0 N–H and O–H groups in total. The van der Waals surface area contributed by atoms with Crippen molar-refractivity contribution >= 4 is 27.7 Å². The van der Waals surface area contributed by atoms with Gasteiger partial charge in [-0.15, -0.1) is 0 Å². The molecular formula is C11H10O2S. The Hall–Kier alpha value is -1.35. The summed E-state index contributed by atoms with van der Waals surface area (Å²) < 4.78 is 6.23. The van der Waals surface area contributed by atoms with E-state index in [9.17, 15) is 4.79 Å². The van der Waals surface area contributed by atoms with E-state index in [-0.39, 0.29) is 0 Å². The van der Waals surface area contributed by atoms with Crippen LogP contribution in [0.1, 0.15) is 15.9 Å². The lowest BCUT2D eigenvalue weighted by atomic mass is 10.1. The Morgan fingerprint density at radius 1 is 1.36 bits per heavy atom. The van der Waals surface area contributed by atoms with E-state index in [0.29, 0.717) is 0 Å². The molecule has 3 heteroatoms. The minimum Gasteiger partial charge on any atom is -0.487 e. The topological polar surface area (TPSA) is 26.3 Å². The Labute approximate surface area is 86.1 Å². The second-order valence-electron chi connectivity index (χ2n) is 3.13. The molecular weight excluding hydrogens is 196 g/mol. The van der Waals surface area contributed by atoms with Crippen molar-refractivity contribution < 1.29 is 9.53 Å². The molecule has 2 aromatic rings. The summed E-state index contributed by atoms with van der Waals surface area (Å²) in [6.07, 6.45) is 0.890. The average Bonchev–Trinajstić information content (AvgIpc) is 2.58. The van der Waals surface area contributed by atoms with Crippen molar-refractivity contribution in [1.82, 2.24) is 0 Å². The fourth-order valence-corrected chi connectivity index (χ4v) is 2.33. The number of carbonyl (C=O) groups excluding carboxylic acids is 1. The zero-order valence-corrected chi connectivity index (χ0v) is 8.85. The quantitative estimate of drug-likeness (QED) is 0.706. The molecule has 0 bridgehead atoms. The van der Waals surface area contributed by atoms with Gasteiger partial charge in [0.15, 0.2) is 5.06 Å². The zero-order chi connectivity index (χ0) is 10.1. The van der Waals surface area contributed by atoms with Crippen molar-refractivity contribution in [1.29, 1.82) is 0 Å². The standard InChI is InChI=1S/C11H10O2S/c1-7-3-8-5-11(13-2)14-10(8)4-9(7)6-12/h3-6H,1-2H3. The van der Waals surface area contributed by atoms with Crippen LogP contribution < -0.4 is 4.74 Å². The molecule has 1 heterocycles. The summed E-state index contributed by atoms with van der Waals surface area (Å²) in [4.78, 5) is 10.7. The van der Waals surface area contributed by atoms with Crippen molar-refractivity contribution in [2.45, 2.75) is 6.92 Å². The summed E-state index contributed by atoms with van der Waals surface area (Å²) in [5.41, 5.74) is 1.76. The van der Waals surface area contributed by atoms with Gasteiger partial charge in [-0.2, -0.15) is 0 Å². The van der Waals surface area contributed by atoms with Gasteiger partial charge in [0.1, 0.15) is 6.29 Å². The van der Waals surface area contributed by atoms with Crippen LogP contribution in [0.4, 0.5) is 0 Å². The van der Waals surface area contributed by atoms with E-state index in [2.05, 4.69) is 0 Å². The number of aryl methyl sites for hydroxylation is 1. The summed E-state index contributed by atoms with van der Waals surface area (Å²) in [6, 6.07) is 5.91. The molecule has 0 saturated heterocycles. The van der Waals surface area contributed by atoms with Crippen LogP contribution in [-0.4, -0.2) is 13.4 Å². The maximum Gasteiger partial charge on any atom is 0.174 e. The highest BCUT2D eigenvalue weighted by atomic mass is 32.1. The van der Waals surface area contributed by atoms with Crippen LogP contribution in [0.5, 0.6) is 5.06 Å². The van der Waals surface area contributed by atoms with Crippen LogP contribution in [0.25, 0.3) is 10.1 Å². The molecule has 72 valence electrons. The van der Waals surface area contributed by atoms with E-state index in [1.165, 1.54) is 0 Å². The Kier molecular flexibility index (Phi) is 2.25. The normalized spacial score (nSPS) is 10.4. The van der Waals surface area contributed by atoms with Gasteiger partial charge in [-0.05, 0) is 36.1 Å². The molecule has 0 aliphatic heterocycles. The van der Waals surface area contributed by atoms with Gasteiger partial charge in [0.2, 0.25) is 0 Å². The van der Waals surface area contributed by atoms with Gasteiger partial charge < -0.3 is 4.74 Å². The fraction of sp³-hybridized carbons (Fsp3) is 0.182. The number of aldehydes is 1. The van der Waals surface area contributed by atoms with E-state index in [1.807, 2.05) is 25.1 Å². The van der Waals surface area contributed by atoms with E-state index >= 15 is 0 Å². The minimum atomic E-state index is 0.752. The third-order valence-electron chi connectivity index (χ3n) is 2.21. The van der Waals surface area contributed by atoms with Crippen LogP contribution in [0.3, 0.4) is 0 Å². The van der Waals surface area contributed by atoms with Crippen LogP contribution in [0.2, 0.25) is 0 Å². The molecule has 0 unspecified atom stereocenters. The molecule has 0 fully saturated rings. The number of hydrogen-bond acceptors (Lipinski definition) is 3. The maximum absolute atomic E-state index is 10.7. The second kappa shape index (κ2) is 3.42. The number of methoxy groups -OCH3 is 1. The van der Waals surface area contributed by atoms with Crippen LogP contribution in [0, 0.1) is 6.92 Å². The average molecular weight is 206 g/mol. The molecule has 0 aliphatic rings. The summed E-state index contributed by atoms with van der Waals surface area (Å²) >= 11 is 1.55. The SMILES string of the molecule is COc1cc2cc(C)c(C=O)cc2s1. The van der Waals surface area contributed by atoms with Crippen LogP contribution >= 0.6 is 11.3 Å². The number of carbonyl (C=O) groups is 1. The third kappa shape index (κ3) is 1.40. The first-order valence-corrected chi connectivity index (χ1v) is 5.09. The van der Waals surface area contributed by atoms with Crippen molar-refractivity contribution in [3.05, 3.63) is 29.3 Å². The number of fused-ring (bicyclic) bond motifs is 1. The number of thiophene rings is 1. The van der Waals surface area contributed by atoms with E-state index in [4.69, 9.17) is 4.74 Å². The number of hydrogen-bond donors (Lipinski definition) is 0. The van der Waals surface area contributed by atoms with Crippen molar-refractivity contribution in [2.24, 2.45) is 0 Å². The molecule has 0 atom stereocenters. The van der Waals surface area contributed by atoms with Gasteiger partial charge in [-0.25, -0.2) is 0 Å². The summed E-state index contributed by atoms with van der Waals surface area (Å²) in [6.45, 7) is 1.94. The van der Waals surface area contributed by atoms with Crippen molar-refractivity contribution in [3.63, 3.8) is 0 Å². The Morgan fingerprint density at radius 3 is 2.79 bits per heavy atom. The molecule has 1 aromatic carbocycles. The predicted molar refractivity (Wildman–Crippen MR) is 58.5 cm³/mol. The lowest BCUT2D eigenvalue weighted by molar-refractivity contribution is 0.112. The first-order chi connectivity index (χ1) is 6.74.